The molecule has 2 aromatic carbocycles. The Bertz CT molecular complexity index is 528. The van der Waals surface area contributed by atoms with Crippen molar-refractivity contribution in [1.29, 1.82) is 0 Å². The zero-order valence-electron chi connectivity index (χ0n) is 11.5. The van der Waals surface area contributed by atoms with E-state index in [1.54, 1.807) is 0 Å². The molecule has 0 bridgehead atoms. The summed E-state index contributed by atoms with van der Waals surface area (Å²) in [5, 5.41) is 3.69. The third-order valence-electron chi connectivity index (χ3n) is 3.97. The highest BCUT2D eigenvalue weighted by Crippen LogP contribution is 2.34. The maximum atomic E-state index is 3.69. The van der Waals surface area contributed by atoms with Gasteiger partial charge in [0, 0.05) is 11.7 Å². The fourth-order valence-electron chi connectivity index (χ4n) is 2.59. The summed E-state index contributed by atoms with van der Waals surface area (Å²) in [6.07, 6.45) is 3.77. The SMILES string of the molecule is CC(Nc1ccccc1Cc1ccccc1)C1CC1. The van der Waals surface area contributed by atoms with E-state index < -0.39 is 0 Å². The molecule has 98 valence electrons. The normalized spacial score (nSPS) is 16.1. The summed E-state index contributed by atoms with van der Waals surface area (Å²) < 4.78 is 0. The Morgan fingerprint density at radius 3 is 2.42 bits per heavy atom. The molecule has 3 rings (SSSR count). The molecule has 1 aliphatic rings. The van der Waals surface area contributed by atoms with Crippen LogP contribution in [0.4, 0.5) is 5.69 Å². The first-order valence-corrected chi connectivity index (χ1v) is 7.21. The molecule has 0 spiro atoms. The second-order valence-electron chi connectivity index (χ2n) is 5.59. The maximum Gasteiger partial charge on any atom is 0.0378 e. The number of para-hydroxylation sites is 1. The second-order valence-corrected chi connectivity index (χ2v) is 5.59. The molecule has 0 aliphatic heterocycles. The van der Waals surface area contributed by atoms with Gasteiger partial charge in [-0.05, 0) is 49.3 Å². The summed E-state index contributed by atoms with van der Waals surface area (Å²) in [7, 11) is 0. The van der Waals surface area contributed by atoms with E-state index in [4.69, 9.17) is 0 Å². The lowest BCUT2D eigenvalue weighted by atomic mass is 10.0. The summed E-state index contributed by atoms with van der Waals surface area (Å²) in [4.78, 5) is 0. The van der Waals surface area contributed by atoms with Crippen LogP contribution in [-0.4, -0.2) is 6.04 Å². The average Bonchev–Trinajstić information content (AvgIpc) is 3.26. The fraction of sp³-hybridized carbons (Fsp3) is 0.333. The number of rotatable bonds is 5. The summed E-state index contributed by atoms with van der Waals surface area (Å²) in [6, 6.07) is 20.0. The topological polar surface area (TPSA) is 12.0 Å². The average molecular weight is 251 g/mol. The minimum Gasteiger partial charge on any atom is -0.382 e. The largest absolute Gasteiger partial charge is 0.382 e. The third kappa shape index (κ3) is 3.17. The molecule has 1 fully saturated rings. The van der Waals surface area contributed by atoms with E-state index in [-0.39, 0.29) is 0 Å². The molecule has 19 heavy (non-hydrogen) atoms. The Kier molecular flexibility index (Phi) is 3.54. The van der Waals surface area contributed by atoms with Gasteiger partial charge in [-0.3, -0.25) is 0 Å². The van der Waals surface area contributed by atoms with Crippen LogP contribution < -0.4 is 5.32 Å². The highest BCUT2D eigenvalue weighted by molar-refractivity contribution is 5.53. The van der Waals surface area contributed by atoms with Gasteiger partial charge < -0.3 is 5.32 Å². The summed E-state index contributed by atoms with van der Waals surface area (Å²) in [5.74, 6) is 0.879. The zero-order valence-corrected chi connectivity index (χ0v) is 11.5. The predicted octanol–water partition coefficient (Wildman–Crippen LogP) is 4.49. The molecular weight excluding hydrogens is 230 g/mol. The molecule has 1 heteroatoms. The van der Waals surface area contributed by atoms with Crippen molar-refractivity contribution < 1.29 is 0 Å². The summed E-state index contributed by atoms with van der Waals surface area (Å²) in [5.41, 5.74) is 4.06. The van der Waals surface area contributed by atoms with Gasteiger partial charge in [-0.1, -0.05) is 48.5 Å². The molecule has 0 heterocycles. The van der Waals surface area contributed by atoms with E-state index in [0.717, 1.165) is 12.3 Å². The highest BCUT2D eigenvalue weighted by atomic mass is 14.9. The lowest BCUT2D eigenvalue weighted by Gasteiger charge is -2.17. The first-order valence-electron chi connectivity index (χ1n) is 7.21. The molecule has 1 nitrogen and oxygen atoms in total. The minimum atomic E-state index is 0.594. The van der Waals surface area contributed by atoms with Gasteiger partial charge in [0.05, 0.1) is 0 Å². The van der Waals surface area contributed by atoms with Crippen molar-refractivity contribution in [3.63, 3.8) is 0 Å². The molecule has 1 N–H and O–H groups in total. The zero-order chi connectivity index (χ0) is 13.1. The second kappa shape index (κ2) is 5.48. The van der Waals surface area contributed by atoms with E-state index in [1.165, 1.54) is 29.7 Å². The quantitative estimate of drug-likeness (QED) is 0.825. The summed E-state index contributed by atoms with van der Waals surface area (Å²) in [6.45, 7) is 2.30. The smallest absolute Gasteiger partial charge is 0.0378 e. The Hall–Kier alpha value is -1.76. The van der Waals surface area contributed by atoms with E-state index in [0.29, 0.717) is 6.04 Å². The van der Waals surface area contributed by atoms with Crippen LogP contribution in [0.2, 0.25) is 0 Å². The summed E-state index contributed by atoms with van der Waals surface area (Å²) >= 11 is 0. The first-order chi connectivity index (χ1) is 9.33. The third-order valence-corrected chi connectivity index (χ3v) is 3.97. The van der Waals surface area contributed by atoms with E-state index in [1.807, 2.05) is 0 Å². The van der Waals surface area contributed by atoms with E-state index >= 15 is 0 Å². The Labute approximate surface area is 115 Å². The molecule has 1 atom stereocenters. The van der Waals surface area contributed by atoms with Crippen molar-refractivity contribution in [1.82, 2.24) is 0 Å². The monoisotopic (exact) mass is 251 g/mol. The Balaban J connectivity index is 1.76. The molecule has 0 aromatic heterocycles. The van der Waals surface area contributed by atoms with Crippen molar-refractivity contribution in [2.45, 2.75) is 32.2 Å². The van der Waals surface area contributed by atoms with E-state index in [9.17, 15) is 0 Å². The van der Waals surface area contributed by atoms with Gasteiger partial charge in [0.25, 0.3) is 0 Å². The van der Waals surface area contributed by atoms with Gasteiger partial charge in [0.1, 0.15) is 0 Å². The van der Waals surface area contributed by atoms with Crippen LogP contribution in [-0.2, 0) is 6.42 Å². The van der Waals surface area contributed by atoms with Gasteiger partial charge in [0.2, 0.25) is 0 Å². The standard InChI is InChI=1S/C18H21N/c1-14(16-11-12-16)19-18-10-6-5-9-17(18)13-15-7-3-2-4-8-15/h2-10,14,16,19H,11-13H2,1H3. The number of nitrogens with one attached hydrogen (secondary N) is 1. The number of benzene rings is 2. The number of hydrogen-bond acceptors (Lipinski definition) is 1. The Morgan fingerprint density at radius 1 is 1.00 bits per heavy atom. The van der Waals surface area contributed by atoms with Gasteiger partial charge in [0.15, 0.2) is 0 Å². The number of hydrogen-bond donors (Lipinski definition) is 1. The minimum absolute atomic E-state index is 0.594. The van der Waals surface area contributed by atoms with Gasteiger partial charge in [-0.25, -0.2) is 0 Å². The molecular formula is C18H21N. The van der Waals surface area contributed by atoms with Crippen LogP contribution in [0.5, 0.6) is 0 Å². The van der Waals surface area contributed by atoms with Crippen molar-refractivity contribution in [3.8, 4) is 0 Å². The molecule has 1 aliphatic carbocycles. The van der Waals surface area contributed by atoms with Crippen molar-refractivity contribution in [2.24, 2.45) is 5.92 Å². The highest BCUT2D eigenvalue weighted by Gasteiger charge is 2.27. The van der Waals surface area contributed by atoms with Crippen LogP contribution in [0, 0.1) is 5.92 Å². The molecule has 0 saturated heterocycles. The van der Waals surface area contributed by atoms with Gasteiger partial charge >= 0.3 is 0 Å². The van der Waals surface area contributed by atoms with E-state index in [2.05, 4.69) is 66.8 Å². The van der Waals surface area contributed by atoms with Crippen LogP contribution in [0.25, 0.3) is 0 Å². The number of anilines is 1. The maximum absolute atomic E-state index is 3.69. The van der Waals surface area contributed by atoms with Gasteiger partial charge in [-0.15, -0.1) is 0 Å². The molecule has 2 aromatic rings. The van der Waals surface area contributed by atoms with Gasteiger partial charge in [-0.2, -0.15) is 0 Å². The lowest BCUT2D eigenvalue weighted by molar-refractivity contribution is 0.693. The molecule has 1 unspecified atom stereocenters. The van der Waals surface area contributed by atoms with Crippen LogP contribution in [0.1, 0.15) is 30.9 Å². The molecule has 0 radical (unpaired) electrons. The predicted molar refractivity (Wildman–Crippen MR) is 81.5 cm³/mol. The lowest BCUT2D eigenvalue weighted by Crippen LogP contribution is -2.18. The fourth-order valence-corrected chi connectivity index (χ4v) is 2.59. The van der Waals surface area contributed by atoms with Crippen molar-refractivity contribution in [2.75, 3.05) is 5.32 Å². The molecule has 1 saturated carbocycles. The molecule has 0 amide bonds. The first kappa shape index (κ1) is 12.3. The van der Waals surface area contributed by atoms with Crippen LogP contribution in [0.15, 0.2) is 54.6 Å². The Morgan fingerprint density at radius 2 is 1.68 bits per heavy atom. The van der Waals surface area contributed by atoms with Crippen molar-refractivity contribution >= 4 is 5.69 Å². The van der Waals surface area contributed by atoms with Crippen LogP contribution >= 0.6 is 0 Å². The van der Waals surface area contributed by atoms with Crippen LogP contribution in [0.3, 0.4) is 0 Å². The van der Waals surface area contributed by atoms with Crippen molar-refractivity contribution in [3.05, 3.63) is 65.7 Å².